The molecule has 0 heterocycles. The molecule has 0 fully saturated rings. The molecular formula is C13H21NO. The Morgan fingerprint density at radius 3 is 2.40 bits per heavy atom. The first-order valence-electron chi connectivity index (χ1n) is 5.60. The molecule has 2 heteroatoms. The Hall–Kier alpha value is -0.860. The lowest BCUT2D eigenvalue weighted by Crippen LogP contribution is -2.24. The SMILES string of the molecule is CC(C)OCCNC(C)c1ccccc1. The van der Waals surface area contributed by atoms with Crippen LogP contribution in [0.3, 0.4) is 0 Å². The number of hydrogen-bond acceptors (Lipinski definition) is 2. The Bertz CT molecular complexity index is 258. The molecule has 0 saturated carbocycles. The van der Waals surface area contributed by atoms with Crippen LogP contribution in [0.4, 0.5) is 0 Å². The van der Waals surface area contributed by atoms with Crippen LogP contribution in [0, 0.1) is 0 Å². The molecule has 1 aromatic carbocycles. The highest BCUT2D eigenvalue weighted by Crippen LogP contribution is 2.10. The van der Waals surface area contributed by atoms with E-state index in [4.69, 9.17) is 4.74 Å². The van der Waals surface area contributed by atoms with E-state index in [-0.39, 0.29) is 0 Å². The first kappa shape index (κ1) is 12.2. The van der Waals surface area contributed by atoms with Crippen LogP contribution in [0.2, 0.25) is 0 Å². The van der Waals surface area contributed by atoms with Gasteiger partial charge in [-0.2, -0.15) is 0 Å². The number of ether oxygens (including phenoxy) is 1. The van der Waals surface area contributed by atoms with Crippen LogP contribution >= 0.6 is 0 Å². The van der Waals surface area contributed by atoms with Crippen molar-refractivity contribution in [2.75, 3.05) is 13.2 Å². The van der Waals surface area contributed by atoms with Crippen LogP contribution in [-0.4, -0.2) is 19.3 Å². The topological polar surface area (TPSA) is 21.3 Å². The van der Waals surface area contributed by atoms with Gasteiger partial charge in [0.15, 0.2) is 0 Å². The number of nitrogens with one attached hydrogen (secondary N) is 1. The molecule has 84 valence electrons. The molecule has 0 radical (unpaired) electrons. The Balaban J connectivity index is 2.22. The van der Waals surface area contributed by atoms with Gasteiger partial charge in [-0.25, -0.2) is 0 Å². The summed E-state index contributed by atoms with van der Waals surface area (Å²) in [7, 11) is 0. The second kappa shape index (κ2) is 6.59. The summed E-state index contributed by atoms with van der Waals surface area (Å²) in [6.45, 7) is 7.95. The third kappa shape index (κ3) is 4.96. The van der Waals surface area contributed by atoms with Gasteiger partial charge in [-0.05, 0) is 26.3 Å². The molecule has 1 aromatic rings. The predicted molar refractivity (Wildman–Crippen MR) is 63.9 cm³/mol. The maximum absolute atomic E-state index is 5.47. The molecule has 0 spiro atoms. The standard InChI is InChI=1S/C13H21NO/c1-11(2)15-10-9-14-12(3)13-7-5-4-6-8-13/h4-8,11-12,14H,9-10H2,1-3H3. The van der Waals surface area contributed by atoms with Gasteiger partial charge in [0.25, 0.3) is 0 Å². The van der Waals surface area contributed by atoms with E-state index in [0.717, 1.165) is 13.2 Å². The first-order valence-corrected chi connectivity index (χ1v) is 5.60. The molecule has 0 aliphatic rings. The largest absolute Gasteiger partial charge is 0.377 e. The van der Waals surface area contributed by atoms with Crippen molar-refractivity contribution in [3.8, 4) is 0 Å². The van der Waals surface area contributed by atoms with Crippen molar-refractivity contribution in [2.24, 2.45) is 0 Å². The predicted octanol–water partition coefficient (Wildman–Crippen LogP) is 2.76. The fraction of sp³-hybridized carbons (Fsp3) is 0.538. The molecule has 0 amide bonds. The monoisotopic (exact) mass is 207 g/mol. The van der Waals surface area contributed by atoms with E-state index < -0.39 is 0 Å². The molecule has 0 aliphatic heterocycles. The van der Waals surface area contributed by atoms with Crippen LogP contribution in [0.15, 0.2) is 30.3 Å². The number of hydrogen-bond donors (Lipinski definition) is 1. The summed E-state index contributed by atoms with van der Waals surface area (Å²) in [5, 5.41) is 3.43. The van der Waals surface area contributed by atoms with Gasteiger partial charge in [-0.1, -0.05) is 30.3 Å². The van der Waals surface area contributed by atoms with Gasteiger partial charge in [0, 0.05) is 12.6 Å². The summed E-state index contributed by atoms with van der Waals surface area (Å²) in [5.41, 5.74) is 1.32. The summed E-state index contributed by atoms with van der Waals surface area (Å²) < 4.78 is 5.47. The molecule has 1 rings (SSSR count). The molecular weight excluding hydrogens is 186 g/mol. The third-order valence-electron chi connectivity index (χ3n) is 2.30. The van der Waals surface area contributed by atoms with Gasteiger partial charge in [0.05, 0.1) is 12.7 Å². The fourth-order valence-electron chi connectivity index (χ4n) is 1.43. The zero-order valence-electron chi connectivity index (χ0n) is 9.86. The number of rotatable bonds is 6. The molecule has 0 saturated heterocycles. The molecule has 0 bridgehead atoms. The summed E-state index contributed by atoms with van der Waals surface area (Å²) >= 11 is 0. The molecule has 0 aliphatic carbocycles. The highest BCUT2D eigenvalue weighted by atomic mass is 16.5. The van der Waals surface area contributed by atoms with E-state index in [9.17, 15) is 0 Å². The summed E-state index contributed by atoms with van der Waals surface area (Å²) in [6.07, 6.45) is 0.318. The van der Waals surface area contributed by atoms with Crippen molar-refractivity contribution >= 4 is 0 Å². The Kier molecular flexibility index (Phi) is 5.37. The Labute approximate surface area is 92.6 Å². The van der Waals surface area contributed by atoms with E-state index >= 15 is 0 Å². The van der Waals surface area contributed by atoms with Gasteiger partial charge in [-0.3, -0.25) is 0 Å². The molecule has 1 unspecified atom stereocenters. The van der Waals surface area contributed by atoms with E-state index in [1.807, 2.05) is 6.07 Å². The smallest absolute Gasteiger partial charge is 0.0594 e. The normalized spacial score (nSPS) is 13.1. The van der Waals surface area contributed by atoms with Crippen LogP contribution in [-0.2, 0) is 4.74 Å². The van der Waals surface area contributed by atoms with E-state index in [2.05, 4.69) is 50.4 Å². The average Bonchev–Trinajstić information content (AvgIpc) is 2.25. The summed E-state index contributed by atoms with van der Waals surface area (Å²) in [4.78, 5) is 0. The minimum atomic E-state index is 0.318. The average molecular weight is 207 g/mol. The fourth-order valence-corrected chi connectivity index (χ4v) is 1.43. The zero-order valence-corrected chi connectivity index (χ0v) is 9.86. The minimum Gasteiger partial charge on any atom is -0.377 e. The lowest BCUT2D eigenvalue weighted by Gasteiger charge is -2.15. The van der Waals surface area contributed by atoms with Gasteiger partial charge < -0.3 is 10.1 Å². The van der Waals surface area contributed by atoms with Crippen LogP contribution in [0.1, 0.15) is 32.4 Å². The second-order valence-electron chi connectivity index (χ2n) is 4.01. The van der Waals surface area contributed by atoms with E-state index in [0.29, 0.717) is 12.1 Å². The third-order valence-corrected chi connectivity index (χ3v) is 2.30. The quantitative estimate of drug-likeness (QED) is 0.724. The van der Waals surface area contributed by atoms with Crippen molar-refractivity contribution in [1.29, 1.82) is 0 Å². The lowest BCUT2D eigenvalue weighted by molar-refractivity contribution is 0.0796. The molecule has 15 heavy (non-hydrogen) atoms. The maximum atomic E-state index is 5.47. The zero-order chi connectivity index (χ0) is 11.1. The van der Waals surface area contributed by atoms with Gasteiger partial charge in [0.2, 0.25) is 0 Å². The van der Waals surface area contributed by atoms with Gasteiger partial charge >= 0.3 is 0 Å². The lowest BCUT2D eigenvalue weighted by atomic mass is 10.1. The summed E-state index contributed by atoms with van der Waals surface area (Å²) in [6, 6.07) is 10.8. The van der Waals surface area contributed by atoms with Crippen molar-refractivity contribution in [3.63, 3.8) is 0 Å². The highest BCUT2D eigenvalue weighted by molar-refractivity contribution is 5.17. The second-order valence-corrected chi connectivity index (χ2v) is 4.01. The Morgan fingerprint density at radius 2 is 1.80 bits per heavy atom. The van der Waals surface area contributed by atoms with Gasteiger partial charge in [-0.15, -0.1) is 0 Å². The molecule has 1 atom stereocenters. The van der Waals surface area contributed by atoms with Crippen molar-refractivity contribution < 1.29 is 4.74 Å². The molecule has 1 N–H and O–H groups in total. The Morgan fingerprint density at radius 1 is 1.13 bits per heavy atom. The van der Waals surface area contributed by atoms with Crippen LogP contribution < -0.4 is 5.32 Å². The first-order chi connectivity index (χ1) is 7.20. The van der Waals surface area contributed by atoms with E-state index in [1.54, 1.807) is 0 Å². The van der Waals surface area contributed by atoms with E-state index in [1.165, 1.54) is 5.56 Å². The maximum Gasteiger partial charge on any atom is 0.0594 e. The minimum absolute atomic E-state index is 0.318. The van der Waals surface area contributed by atoms with Crippen LogP contribution in [0.25, 0.3) is 0 Å². The van der Waals surface area contributed by atoms with Crippen molar-refractivity contribution in [2.45, 2.75) is 32.9 Å². The van der Waals surface area contributed by atoms with Crippen molar-refractivity contribution in [1.82, 2.24) is 5.32 Å². The van der Waals surface area contributed by atoms with Crippen molar-refractivity contribution in [3.05, 3.63) is 35.9 Å². The van der Waals surface area contributed by atoms with Crippen LogP contribution in [0.5, 0.6) is 0 Å². The molecule has 2 nitrogen and oxygen atoms in total. The number of benzene rings is 1. The molecule has 0 aromatic heterocycles. The van der Waals surface area contributed by atoms with Gasteiger partial charge in [0.1, 0.15) is 0 Å². The summed E-state index contributed by atoms with van der Waals surface area (Å²) in [5.74, 6) is 0. The highest BCUT2D eigenvalue weighted by Gasteiger charge is 2.02.